The topological polar surface area (TPSA) is 163 Å². The van der Waals surface area contributed by atoms with E-state index >= 15 is 0 Å². The second kappa shape index (κ2) is 15.3. The molecule has 2 rings (SSSR count). The molecule has 0 saturated carbocycles. The molecule has 1 aliphatic rings. The van der Waals surface area contributed by atoms with Crippen LogP contribution in [0.2, 0.25) is 0 Å². The van der Waals surface area contributed by atoms with Gasteiger partial charge in [-0.15, -0.1) is 0 Å². The molecule has 0 fully saturated rings. The number of aliphatic hydroxyl groups is 1. The molecule has 2 bridgehead atoms. The Balaban J connectivity index is 2.57. The number of carbonyl (C=O) groups is 2. The molecule has 5 atom stereocenters. The van der Waals surface area contributed by atoms with Crippen molar-refractivity contribution in [2.24, 2.45) is 17.6 Å². The van der Waals surface area contributed by atoms with Crippen molar-refractivity contribution in [2.75, 3.05) is 31.0 Å². The Morgan fingerprint density at radius 2 is 1.95 bits per heavy atom. The molecule has 1 aliphatic heterocycles. The molecule has 0 aliphatic carbocycles. The Labute approximate surface area is 234 Å². The number of nitrogens with one attached hydrogen (secondary N) is 2. The normalized spacial score (nSPS) is 28.4. The van der Waals surface area contributed by atoms with Crippen LogP contribution >= 0.6 is 0 Å². The number of phenolic OH excluding ortho intramolecular Hbond substituents is 2. The van der Waals surface area contributed by atoms with Gasteiger partial charge in [-0.25, -0.2) is 9.18 Å². The zero-order chi connectivity index (χ0) is 30.0. The van der Waals surface area contributed by atoms with Crippen LogP contribution in [-0.4, -0.2) is 66.0 Å². The van der Waals surface area contributed by atoms with Crippen LogP contribution in [0.4, 0.5) is 20.6 Å². The minimum atomic E-state index is -0.982. The Kier molecular flexibility index (Phi) is 12.5. The van der Waals surface area contributed by atoms with E-state index in [2.05, 4.69) is 10.6 Å². The van der Waals surface area contributed by atoms with Gasteiger partial charge < -0.3 is 41.2 Å². The number of anilines is 2. The van der Waals surface area contributed by atoms with Gasteiger partial charge in [-0.1, -0.05) is 38.2 Å². The third-order valence-electron chi connectivity index (χ3n) is 6.93. The number of amides is 2. The summed E-state index contributed by atoms with van der Waals surface area (Å²) in [5.41, 5.74) is 6.75. The van der Waals surface area contributed by atoms with Gasteiger partial charge in [0, 0.05) is 36.8 Å². The molecule has 1 aromatic carbocycles. The third-order valence-corrected chi connectivity index (χ3v) is 6.93. The highest BCUT2D eigenvalue weighted by atomic mass is 19.1. The van der Waals surface area contributed by atoms with Gasteiger partial charge in [0.25, 0.3) is 5.91 Å². The zero-order valence-electron chi connectivity index (χ0n) is 23.7. The van der Waals surface area contributed by atoms with E-state index in [1.54, 1.807) is 32.1 Å². The summed E-state index contributed by atoms with van der Waals surface area (Å²) in [6, 6.07) is 1.21. The minimum absolute atomic E-state index is 0.00307. The smallest absolute Gasteiger partial charge is 0.405 e. The van der Waals surface area contributed by atoms with E-state index in [0.717, 1.165) is 0 Å². The van der Waals surface area contributed by atoms with Gasteiger partial charge in [0.05, 0.1) is 17.5 Å². The number of benzene rings is 1. The summed E-state index contributed by atoms with van der Waals surface area (Å²) in [7, 11) is 1.44. The highest BCUT2D eigenvalue weighted by Gasteiger charge is 2.26. The number of nitrogens with two attached hydrogens (primary N) is 1. The molecule has 0 spiro atoms. The Morgan fingerprint density at radius 3 is 2.58 bits per heavy atom. The summed E-state index contributed by atoms with van der Waals surface area (Å²) >= 11 is 0. The van der Waals surface area contributed by atoms with Gasteiger partial charge in [0.15, 0.2) is 6.10 Å². The third kappa shape index (κ3) is 8.99. The number of aliphatic hydroxyl groups excluding tert-OH is 1. The van der Waals surface area contributed by atoms with Crippen molar-refractivity contribution < 1.29 is 38.8 Å². The fourth-order valence-electron chi connectivity index (χ4n) is 4.62. The highest BCUT2D eigenvalue weighted by molar-refractivity contribution is 6.04. The molecular weight excluding hydrogens is 521 g/mol. The molecule has 0 saturated heterocycles. The van der Waals surface area contributed by atoms with Crippen molar-refractivity contribution in [3.63, 3.8) is 0 Å². The van der Waals surface area contributed by atoms with Crippen LogP contribution < -0.4 is 16.4 Å². The lowest BCUT2D eigenvalue weighted by Crippen LogP contribution is -2.35. The largest absolute Gasteiger partial charge is 0.506 e. The van der Waals surface area contributed by atoms with E-state index in [1.807, 2.05) is 13.8 Å². The number of hydrogen-bond acceptors (Lipinski definition) is 8. The first kappa shape index (κ1) is 32.6. The number of carbonyl (C=O) groups excluding carboxylic acids is 2. The number of alkyl halides is 1. The van der Waals surface area contributed by atoms with Crippen molar-refractivity contribution in [3.8, 4) is 11.5 Å². The number of ether oxygens (including phenoxy) is 2. The maximum Gasteiger partial charge on any atom is 0.405 e. The highest BCUT2D eigenvalue weighted by Crippen LogP contribution is 2.42. The van der Waals surface area contributed by atoms with Gasteiger partial charge >= 0.3 is 6.09 Å². The van der Waals surface area contributed by atoms with Crippen molar-refractivity contribution in [3.05, 3.63) is 47.1 Å². The quantitative estimate of drug-likeness (QED) is 0.175. The Hall–Kier alpha value is -3.57. The standard InChI is InChI=1S/C29H42FN3O7/c1-16-9-10-22(34)18(3)14-19(4)27(40-29(31)38)24(39-5)8-6-7-17(2)28(37)33-21-15-23(35)25(32-12-11-30)20(13-16)26(21)36/h6-8,14-16,18,22,24,27,32,34-36H,9-13H2,1-5H3,(H2,31,38)(H,33,37)/b8-6-,17-7+,19-14+/t16-,18-,22-,24-,27-/m0/s1. The number of fused-ring (bicyclic) bond motifs is 2. The van der Waals surface area contributed by atoms with Gasteiger partial charge in [-0.3, -0.25) is 4.79 Å². The van der Waals surface area contributed by atoms with Crippen LogP contribution in [-0.2, 0) is 20.7 Å². The molecule has 10 nitrogen and oxygen atoms in total. The molecule has 1 heterocycles. The van der Waals surface area contributed by atoms with Crippen LogP contribution in [0, 0.1) is 11.8 Å². The van der Waals surface area contributed by atoms with Crippen LogP contribution in [0.5, 0.6) is 11.5 Å². The van der Waals surface area contributed by atoms with Gasteiger partial charge in [0.1, 0.15) is 24.3 Å². The van der Waals surface area contributed by atoms with Gasteiger partial charge in [-0.2, -0.15) is 0 Å². The summed E-state index contributed by atoms with van der Waals surface area (Å²) in [4.78, 5) is 24.5. The summed E-state index contributed by atoms with van der Waals surface area (Å²) in [5, 5.41) is 38.1. The molecule has 1 aromatic rings. The molecule has 7 N–H and O–H groups in total. The van der Waals surface area contributed by atoms with Gasteiger partial charge in [-0.05, 0) is 44.6 Å². The summed E-state index contributed by atoms with van der Waals surface area (Å²) in [6.07, 6.45) is 4.43. The number of aromatic hydroxyl groups is 2. The zero-order valence-corrected chi connectivity index (χ0v) is 23.7. The summed E-state index contributed by atoms with van der Waals surface area (Å²) < 4.78 is 23.8. The van der Waals surface area contributed by atoms with Crippen LogP contribution in [0.1, 0.15) is 46.1 Å². The first-order valence-electron chi connectivity index (χ1n) is 13.3. The lowest BCUT2D eigenvalue weighted by Gasteiger charge is -2.26. The number of rotatable bonds is 5. The second-order valence-electron chi connectivity index (χ2n) is 10.2. The molecule has 0 unspecified atom stereocenters. The average Bonchev–Trinajstić information content (AvgIpc) is 2.90. The van der Waals surface area contributed by atoms with Crippen LogP contribution in [0.25, 0.3) is 0 Å². The minimum Gasteiger partial charge on any atom is -0.506 e. The molecule has 0 aromatic heterocycles. The molecular formula is C29H42FN3O7. The lowest BCUT2D eigenvalue weighted by molar-refractivity contribution is -0.112. The van der Waals surface area contributed by atoms with E-state index in [0.29, 0.717) is 24.0 Å². The number of hydrogen-bond donors (Lipinski definition) is 6. The van der Waals surface area contributed by atoms with Crippen molar-refractivity contribution >= 4 is 23.4 Å². The van der Waals surface area contributed by atoms with E-state index in [9.17, 15) is 29.3 Å². The van der Waals surface area contributed by atoms with Crippen molar-refractivity contribution in [1.82, 2.24) is 0 Å². The average molecular weight is 564 g/mol. The lowest BCUT2D eigenvalue weighted by atomic mass is 9.89. The van der Waals surface area contributed by atoms with Gasteiger partial charge in [0.2, 0.25) is 0 Å². The number of allylic oxidation sites excluding steroid dienone is 2. The number of phenols is 2. The Bertz CT molecular complexity index is 1140. The first-order chi connectivity index (χ1) is 18.9. The first-order valence-corrected chi connectivity index (χ1v) is 13.3. The predicted molar refractivity (Wildman–Crippen MR) is 152 cm³/mol. The van der Waals surface area contributed by atoms with E-state index in [4.69, 9.17) is 15.2 Å². The van der Waals surface area contributed by atoms with Crippen LogP contribution in [0.3, 0.4) is 0 Å². The SMILES string of the molecule is CO[C@H]1/C=C\C=C(/C)C(=O)Nc2cc(O)c(NCCF)c(c2O)C[C@@H](C)CC[C@H](O)[C@@H](C)/C=C(\C)[C@@H]1OC(N)=O. The van der Waals surface area contributed by atoms with E-state index < -0.39 is 37.0 Å². The number of methoxy groups -OCH3 is 1. The number of halogens is 1. The van der Waals surface area contributed by atoms with Crippen LogP contribution in [0.15, 0.2) is 41.5 Å². The molecule has 40 heavy (non-hydrogen) atoms. The maximum absolute atomic E-state index is 12.9. The number of primary amides is 1. The fourth-order valence-corrected chi connectivity index (χ4v) is 4.62. The summed E-state index contributed by atoms with van der Waals surface area (Å²) in [6.45, 7) is 6.34. The molecule has 222 valence electrons. The van der Waals surface area contributed by atoms with E-state index in [-0.39, 0.29) is 53.2 Å². The molecule has 11 heteroatoms. The van der Waals surface area contributed by atoms with Crippen molar-refractivity contribution in [2.45, 2.75) is 65.3 Å². The molecule has 0 radical (unpaired) electrons. The van der Waals surface area contributed by atoms with Crippen molar-refractivity contribution in [1.29, 1.82) is 0 Å². The van der Waals surface area contributed by atoms with E-state index in [1.165, 1.54) is 19.3 Å². The predicted octanol–water partition coefficient (Wildman–Crippen LogP) is 4.31. The monoisotopic (exact) mass is 563 g/mol. The fraction of sp³-hybridized carbons (Fsp3) is 0.517. The summed E-state index contributed by atoms with van der Waals surface area (Å²) in [5.74, 6) is -1.38. The Morgan fingerprint density at radius 1 is 1.25 bits per heavy atom. The molecule has 2 amide bonds. The second-order valence-corrected chi connectivity index (χ2v) is 10.2. The maximum atomic E-state index is 12.9.